The van der Waals surface area contributed by atoms with Crippen molar-refractivity contribution < 1.29 is 19.5 Å². The van der Waals surface area contributed by atoms with Crippen molar-refractivity contribution in [1.82, 2.24) is 10.2 Å². The molecule has 1 aliphatic heterocycles. The molecule has 2 amide bonds. The molecule has 0 radical (unpaired) electrons. The molecule has 0 saturated carbocycles. The molecule has 5 N–H and O–H groups in total. The van der Waals surface area contributed by atoms with Crippen molar-refractivity contribution in [2.45, 2.75) is 52.0 Å². The van der Waals surface area contributed by atoms with Crippen LogP contribution in [-0.4, -0.2) is 52.8 Å². The van der Waals surface area contributed by atoms with E-state index in [2.05, 4.69) is 5.32 Å². The van der Waals surface area contributed by atoms with E-state index in [1.54, 1.807) is 24.3 Å². The predicted octanol–water partition coefficient (Wildman–Crippen LogP) is 3.44. The first-order chi connectivity index (χ1) is 17.1. The number of hydrogen-bond acceptors (Lipinski definition) is 4. The number of aryl methyl sites for hydroxylation is 1. The number of rotatable bonds is 10. The number of nitrogens with zero attached hydrogens (tertiary/aromatic N) is 1. The molecule has 0 spiro atoms. The Morgan fingerprint density at radius 3 is 2.19 bits per heavy atom. The second-order valence-electron chi connectivity index (χ2n) is 10.1. The molecule has 1 aliphatic rings. The number of aliphatic carboxylic acids is 1. The highest BCUT2D eigenvalue weighted by Crippen LogP contribution is 2.30. The first-order valence-corrected chi connectivity index (χ1v) is 12.4. The first-order valence-electron chi connectivity index (χ1n) is 12.4. The van der Waals surface area contributed by atoms with Crippen molar-refractivity contribution in [3.05, 3.63) is 71.3 Å². The summed E-state index contributed by atoms with van der Waals surface area (Å²) in [5, 5.41) is 19.7. The molecule has 2 aromatic rings. The van der Waals surface area contributed by atoms with Crippen molar-refractivity contribution in [3.8, 4) is 0 Å². The Morgan fingerprint density at radius 1 is 1.06 bits per heavy atom. The normalized spacial score (nSPS) is 15.2. The van der Waals surface area contributed by atoms with E-state index in [1.165, 1.54) is 0 Å². The lowest BCUT2D eigenvalue weighted by Crippen LogP contribution is -2.55. The van der Waals surface area contributed by atoms with Crippen LogP contribution in [0.3, 0.4) is 0 Å². The summed E-state index contributed by atoms with van der Waals surface area (Å²) in [4.78, 5) is 39.7. The SMILES string of the molecule is CC(C)(C(=O)N1CCC(CC(=O)O)CC1)[C@@H](CCc1ccccc1)NC(=O)c1ccc(C(=N)N)cc1. The maximum absolute atomic E-state index is 13.7. The molecule has 3 rings (SSSR count). The van der Waals surface area contributed by atoms with Gasteiger partial charge in [-0.3, -0.25) is 19.8 Å². The summed E-state index contributed by atoms with van der Waals surface area (Å²) in [6.07, 6.45) is 2.74. The van der Waals surface area contributed by atoms with Crippen LogP contribution in [0.5, 0.6) is 0 Å². The molecule has 1 atom stereocenters. The van der Waals surface area contributed by atoms with Crippen LogP contribution in [0.15, 0.2) is 54.6 Å². The fourth-order valence-electron chi connectivity index (χ4n) is 4.76. The number of benzene rings is 2. The molecule has 1 fully saturated rings. The van der Waals surface area contributed by atoms with Crippen molar-refractivity contribution in [3.63, 3.8) is 0 Å². The van der Waals surface area contributed by atoms with Crippen LogP contribution in [0.2, 0.25) is 0 Å². The summed E-state index contributed by atoms with van der Waals surface area (Å²) < 4.78 is 0. The van der Waals surface area contributed by atoms with Crippen LogP contribution in [0.4, 0.5) is 0 Å². The zero-order valence-corrected chi connectivity index (χ0v) is 21.0. The molecule has 1 heterocycles. The number of carboxylic acid groups (broad SMARTS) is 1. The molecule has 8 nitrogen and oxygen atoms in total. The van der Waals surface area contributed by atoms with Gasteiger partial charge in [-0.05, 0) is 63.1 Å². The summed E-state index contributed by atoms with van der Waals surface area (Å²) in [6, 6.07) is 16.0. The number of amidine groups is 1. The molecule has 0 aliphatic carbocycles. The summed E-state index contributed by atoms with van der Waals surface area (Å²) in [6.45, 7) is 4.78. The fraction of sp³-hybridized carbons (Fsp3) is 0.429. The lowest BCUT2D eigenvalue weighted by molar-refractivity contribution is -0.144. The zero-order valence-electron chi connectivity index (χ0n) is 21.0. The molecule has 0 aromatic heterocycles. The van der Waals surface area contributed by atoms with Gasteiger partial charge in [-0.1, -0.05) is 42.5 Å². The second kappa shape index (κ2) is 11.8. The van der Waals surface area contributed by atoms with Crippen molar-refractivity contribution >= 4 is 23.6 Å². The molecule has 192 valence electrons. The molecule has 36 heavy (non-hydrogen) atoms. The number of nitrogen functional groups attached to an aromatic ring is 1. The highest BCUT2D eigenvalue weighted by Gasteiger charge is 2.41. The first kappa shape index (κ1) is 26.9. The number of carbonyl (C=O) groups excluding carboxylic acids is 2. The van der Waals surface area contributed by atoms with E-state index < -0.39 is 17.4 Å². The number of amides is 2. The van der Waals surface area contributed by atoms with Gasteiger partial charge in [-0.25, -0.2) is 0 Å². The number of nitrogens with two attached hydrogens (primary N) is 1. The third-order valence-electron chi connectivity index (χ3n) is 7.12. The number of carboxylic acids is 1. The Kier molecular flexibility index (Phi) is 8.85. The number of piperidine rings is 1. The average molecular weight is 493 g/mol. The average Bonchev–Trinajstić information content (AvgIpc) is 2.86. The minimum absolute atomic E-state index is 0.0402. The Hall–Kier alpha value is -3.68. The lowest BCUT2D eigenvalue weighted by Gasteiger charge is -2.40. The molecule has 0 unspecified atom stereocenters. The van der Waals surface area contributed by atoms with Crippen molar-refractivity contribution in [1.29, 1.82) is 5.41 Å². The standard InChI is InChI=1S/C28H36N4O4/c1-28(2,27(36)32-16-14-20(15-17-32)18-24(33)34)23(13-8-19-6-4-3-5-7-19)31-26(35)22-11-9-21(10-12-22)25(29)30/h3-7,9-12,20,23H,8,13-18H2,1-2H3,(H3,29,30)(H,31,35)(H,33,34)/t23-/m1/s1. The van der Waals surface area contributed by atoms with Gasteiger partial charge in [0, 0.05) is 36.7 Å². The van der Waals surface area contributed by atoms with Gasteiger partial charge < -0.3 is 21.1 Å². The fourth-order valence-corrected chi connectivity index (χ4v) is 4.76. The van der Waals surface area contributed by atoms with Gasteiger partial charge in [-0.2, -0.15) is 0 Å². The number of nitrogens with one attached hydrogen (secondary N) is 2. The Bertz CT molecular complexity index is 1070. The number of carbonyl (C=O) groups is 3. The number of hydrogen-bond donors (Lipinski definition) is 4. The van der Waals surface area contributed by atoms with Gasteiger partial charge >= 0.3 is 5.97 Å². The molecule has 8 heteroatoms. The zero-order chi connectivity index (χ0) is 26.3. The van der Waals surface area contributed by atoms with E-state index in [-0.39, 0.29) is 30.0 Å². The van der Waals surface area contributed by atoms with Crippen LogP contribution >= 0.6 is 0 Å². The summed E-state index contributed by atoms with van der Waals surface area (Å²) in [5.41, 5.74) is 6.74. The topological polar surface area (TPSA) is 137 Å². The number of likely N-dealkylation sites (tertiary alicyclic amines) is 1. The smallest absolute Gasteiger partial charge is 0.303 e. The van der Waals surface area contributed by atoms with Crippen molar-refractivity contribution in [2.24, 2.45) is 17.1 Å². The van der Waals surface area contributed by atoms with Gasteiger partial charge in [-0.15, -0.1) is 0 Å². The van der Waals surface area contributed by atoms with Crippen molar-refractivity contribution in [2.75, 3.05) is 13.1 Å². The van der Waals surface area contributed by atoms with Gasteiger partial charge in [0.2, 0.25) is 5.91 Å². The van der Waals surface area contributed by atoms with Gasteiger partial charge in [0.25, 0.3) is 5.91 Å². The third kappa shape index (κ3) is 6.93. The van der Waals surface area contributed by atoms with Gasteiger partial charge in [0.15, 0.2) is 0 Å². The summed E-state index contributed by atoms with van der Waals surface area (Å²) in [7, 11) is 0. The monoisotopic (exact) mass is 492 g/mol. The quantitative estimate of drug-likeness (QED) is 0.297. The third-order valence-corrected chi connectivity index (χ3v) is 7.12. The minimum Gasteiger partial charge on any atom is -0.481 e. The van der Waals surface area contributed by atoms with E-state index in [4.69, 9.17) is 16.2 Å². The van der Waals surface area contributed by atoms with E-state index in [0.717, 1.165) is 5.56 Å². The largest absolute Gasteiger partial charge is 0.481 e. The Labute approximate surface area is 212 Å². The Morgan fingerprint density at radius 2 is 1.64 bits per heavy atom. The van der Waals surface area contributed by atoms with Gasteiger partial charge in [0.05, 0.1) is 5.41 Å². The van der Waals surface area contributed by atoms with Crippen LogP contribution in [-0.2, 0) is 16.0 Å². The summed E-state index contributed by atoms with van der Waals surface area (Å²) in [5.74, 6) is -1.12. The van der Waals surface area contributed by atoms with E-state index >= 15 is 0 Å². The van der Waals surface area contributed by atoms with E-state index in [1.807, 2.05) is 49.1 Å². The highest BCUT2D eigenvalue weighted by atomic mass is 16.4. The Balaban J connectivity index is 1.75. The maximum atomic E-state index is 13.7. The predicted molar refractivity (Wildman–Crippen MR) is 139 cm³/mol. The molecule has 2 aromatic carbocycles. The molecular weight excluding hydrogens is 456 g/mol. The van der Waals surface area contributed by atoms with Crippen LogP contribution in [0.1, 0.15) is 61.0 Å². The van der Waals surface area contributed by atoms with E-state index in [9.17, 15) is 14.4 Å². The van der Waals surface area contributed by atoms with Gasteiger partial charge in [0.1, 0.15) is 5.84 Å². The summed E-state index contributed by atoms with van der Waals surface area (Å²) >= 11 is 0. The lowest BCUT2D eigenvalue weighted by atomic mass is 9.79. The van der Waals surface area contributed by atoms with Crippen LogP contribution in [0.25, 0.3) is 0 Å². The molecule has 1 saturated heterocycles. The van der Waals surface area contributed by atoms with Crippen LogP contribution in [0, 0.1) is 16.7 Å². The minimum atomic E-state index is -0.872. The van der Waals surface area contributed by atoms with E-state index in [0.29, 0.717) is 49.9 Å². The maximum Gasteiger partial charge on any atom is 0.303 e. The molecule has 0 bridgehead atoms. The highest BCUT2D eigenvalue weighted by molar-refractivity contribution is 5.98. The second-order valence-corrected chi connectivity index (χ2v) is 10.1. The van der Waals surface area contributed by atoms with Crippen LogP contribution < -0.4 is 11.1 Å². The molecular formula is C28H36N4O4.